The first-order chi connectivity index (χ1) is 39.3. The summed E-state index contributed by atoms with van der Waals surface area (Å²) in [6.07, 6.45) is 53.2. The Kier molecular flexibility index (Phi) is 36.0. The Balaban J connectivity index is 1.58. The Bertz CT molecular complexity index is 2330. The summed E-state index contributed by atoms with van der Waals surface area (Å²) in [5, 5.41) is 39.5. The van der Waals surface area contributed by atoms with E-state index in [4.69, 9.17) is 0 Å². The fourth-order valence-corrected chi connectivity index (χ4v) is 14.4. The third-order valence-corrected chi connectivity index (χ3v) is 19.4. The summed E-state index contributed by atoms with van der Waals surface area (Å²) >= 11 is 2.58. The van der Waals surface area contributed by atoms with Gasteiger partial charge >= 0.3 is 0 Å². The summed E-state index contributed by atoms with van der Waals surface area (Å²) in [5.41, 5.74) is 1.94. The third-order valence-electron chi connectivity index (χ3n) is 17.2. The van der Waals surface area contributed by atoms with E-state index in [1.165, 1.54) is 254 Å². The smallest absolute Gasteiger partial charge is 0.261 e. The van der Waals surface area contributed by atoms with Gasteiger partial charge in [0, 0.05) is 13.1 Å². The van der Waals surface area contributed by atoms with Gasteiger partial charge < -0.3 is 9.80 Å². The summed E-state index contributed by atoms with van der Waals surface area (Å²) in [7, 11) is 0. The molecule has 0 bridgehead atoms. The zero-order valence-electron chi connectivity index (χ0n) is 50.9. The molecule has 2 amide bonds. The van der Waals surface area contributed by atoms with Gasteiger partial charge in [0.1, 0.15) is 35.4 Å². The number of unbranched alkanes of at least 4 members (excludes halogenated alkanes) is 30. The van der Waals surface area contributed by atoms with E-state index in [1.54, 1.807) is 12.1 Å². The number of rotatable bonds is 46. The van der Waals surface area contributed by atoms with E-state index in [0.717, 1.165) is 38.5 Å². The lowest BCUT2D eigenvalue weighted by atomic mass is 9.89. The van der Waals surface area contributed by atoms with Crippen LogP contribution in [0.25, 0.3) is 22.5 Å². The minimum absolute atomic E-state index is 0.00820. The van der Waals surface area contributed by atoms with Gasteiger partial charge in [0.25, 0.3) is 11.8 Å². The molecule has 0 aromatic carbocycles. The van der Waals surface area contributed by atoms with E-state index in [2.05, 4.69) is 27.7 Å². The number of thiophene rings is 2. The second kappa shape index (κ2) is 42.4. The van der Waals surface area contributed by atoms with Gasteiger partial charge in [-0.15, -0.1) is 22.7 Å². The topological polar surface area (TPSA) is 136 Å². The molecule has 0 atom stereocenters. The van der Waals surface area contributed by atoms with Crippen LogP contribution in [0.5, 0.6) is 0 Å². The van der Waals surface area contributed by atoms with Crippen LogP contribution in [-0.2, 0) is 9.59 Å². The Hall–Kier alpha value is -4.48. The van der Waals surface area contributed by atoms with E-state index < -0.39 is 0 Å². The zero-order valence-corrected chi connectivity index (χ0v) is 52.5. The van der Waals surface area contributed by atoms with Gasteiger partial charge in [-0.25, -0.2) is 0 Å². The lowest BCUT2D eigenvalue weighted by molar-refractivity contribution is -0.123. The van der Waals surface area contributed by atoms with Crippen molar-refractivity contribution in [1.82, 2.24) is 9.80 Å². The van der Waals surface area contributed by atoms with Gasteiger partial charge in [0.15, 0.2) is 0 Å². The first kappa shape index (κ1) is 68.0. The molecule has 0 saturated heterocycles. The average molecular weight is 1130 g/mol. The van der Waals surface area contributed by atoms with E-state index in [0.29, 0.717) is 65.6 Å². The Morgan fingerprint density at radius 1 is 0.362 bits per heavy atom. The Morgan fingerprint density at radius 2 is 0.600 bits per heavy atom. The molecule has 2 aromatic heterocycles. The normalized spacial score (nSPS) is 14.6. The maximum Gasteiger partial charge on any atom is 0.261 e. The molecule has 0 unspecified atom stereocenters. The van der Waals surface area contributed by atoms with E-state index in [-0.39, 0.29) is 23.0 Å². The number of carbonyl (C=O) groups excluding carboxylic acids is 2. The zero-order chi connectivity index (χ0) is 57.4. The predicted octanol–water partition coefficient (Wildman–Crippen LogP) is 17.8. The van der Waals surface area contributed by atoms with Crippen LogP contribution in [0.4, 0.5) is 0 Å². The van der Waals surface area contributed by atoms with Crippen LogP contribution in [0.1, 0.15) is 297 Å². The molecule has 0 aliphatic carbocycles. The highest BCUT2D eigenvalue weighted by Gasteiger charge is 2.49. The van der Waals surface area contributed by atoms with Crippen LogP contribution >= 0.6 is 22.7 Å². The van der Waals surface area contributed by atoms with Crippen molar-refractivity contribution in [2.75, 3.05) is 13.1 Å². The van der Waals surface area contributed by atoms with Crippen molar-refractivity contribution < 1.29 is 9.59 Å². The molecule has 0 N–H and O–H groups in total. The number of carbonyl (C=O) groups is 2. The minimum Gasteiger partial charge on any atom is -0.306 e. The van der Waals surface area contributed by atoms with Gasteiger partial charge in [-0.2, -0.15) is 21.0 Å². The molecule has 0 fully saturated rings. The molecule has 2 aromatic rings. The van der Waals surface area contributed by atoms with Gasteiger partial charge in [-0.3, -0.25) is 9.59 Å². The molecule has 2 aliphatic heterocycles. The second-order valence-corrected chi connectivity index (χ2v) is 25.8. The summed E-state index contributed by atoms with van der Waals surface area (Å²) in [6, 6.07) is 15.4. The monoisotopic (exact) mass is 1130 g/mol. The maximum absolute atomic E-state index is 15.3. The largest absolute Gasteiger partial charge is 0.306 e. The van der Waals surface area contributed by atoms with Crippen molar-refractivity contribution in [2.24, 2.45) is 11.8 Å². The van der Waals surface area contributed by atoms with Crippen LogP contribution in [0, 0.1) is 57.2 Å². The highest BCUT2D eigenvalue weighted by molar-refractivity contribution is 7.08. The van der Waals surface area contributed by atoms with Crippen molar-refractivity contribution in [1.29, 1.82) is 21.0 Å². The van der Waals surface area contributed by atoms with Gasteiger partial charge in [-0.05, 0) is 48.9 Å². The van der Waals surface area contributed by atoms with E-state index in [1.807, 2.05) is 46.2 Å². The summed E-state index contributed by atoms with van der Waals surface area (Å²) in [6.45, 7) is 10.0. The van der Waals surface area contributed by atoms with Crippen molar-refractivity contribution in [3.63, 3.8) is 0 Å². The summed E-state index contributed by atoms with van der Waals surface area (Å²) in [4.78, 5) is 34.3. The van der Waals surface area contributed by atoms with Crippen LogP contribution in [-0.4, -0.2) is 34.7 Å². The minimum atomic E-state index is -0.203. The van der Waals surface area contributed by atoms with E-state index >= 15 is 9.59 Å². The van der Waals surface area contributed by atoms with Crippen LogP contribution in [0.15, 0.2) is 35.4 Å². The second-order valence-electron chi connectivity index (χ2n) is 23.7. The Morgan fingerprint density at radius 3 is 0.850 bits per heavy atom. The molecule has 2 aliphatic rings. The average Bonchev–Trinajstić information content (AvgIpc) is 4.42. The number of amides is 2. The van der Waals surface area contributed by atoms with Crippen LogP contribution in [0.2, 0.25) is 0 Å². The predicted molar refractivity (Wildman–Crippen MR) is 337 cm³/mol. The standard InChI is InChI=1S/C70H106N6O2S2/c1-5-9-13-17-21-25-29-33-41-57(42-34-30-26-22-18-14-10-6-2)45-37-39-51-75-67(63-49-47-61(79-63)59(53-71)54-72)65-66(69(75)77)68(64-50-48-62(80-64)60(55-73)56-74)76(70(65)78)52-40-38-46-58(43-35-31-27-23-19-15-11-7-3)44-36-32-28-24-20-16-12-8-4/h47-50,57-58H,5-46,51-52H2,1-4H3/b67-63+,68-64+. The quantitative estimate of drug-likeness (QED) is 0.0606. The molecule has 8 nitrogen and oxygen atoms in total. The lowest BCUT2D eigenvalue weighted by Gasteiger charge is -2.26. The summed E-state index contributed by atoms with van der Waals surface area (Å²) in [5.74, 6) is 0.925. The molecule has 10 heteroatoms. The highest BCUT2D eigenvalue weighted by Crippen LogP contribution is 2.43. The molecular weight excluding hydrogens is 1020 g/mol. The first-order valence-electron chi connectivity index (χ1n) is 33.0. The van der Waals surface area contributed by atoms with Crippen molar-refractivity contribution in [3.05, 3.63) is 53.5 Å². The Labute approximate surface area is 494 Å². The van der Waals surface area contributed by atoms with Gasteiger partial charge in [0.2, 0.25) is 0 Å². The van der Waals surface area contributed by atoms with Crippen LogP contribution < -0.4 is 18.1 Å². The number of nitriles is 4. The number of hydrogen-bond acceptors (Lipinski definition) is 8. The molecular formula is C70H106N6O2S2. The van der Waals surface area contributed by atoms with Crippen molar-refractivity contribution in [3.8, 4) is 24.3 Å². The van der Waals surface area contributed by atoms with Crippen molar-refractivity contribution >= 4 is 57.0 Å². The number of hydrogen-bond donors (Lipinski definition) is 0. The molecule has 0 radical (unpaired) electrons. The van der Waals surface area contributed by atoms with Crippen LogP contribution in [0.3, 0.4) is 0 Å². The number of nitrogens with zero attached hydrogens (tertiary/aromatic N) is 6. The van der Waals surface area contributed by atoms with Crippen molar-refractivity contribution in [2.45, 2.75) is 297 Å². The molecule has 80 heavy (non-hydrogen) atoms. The molecule has 4 rings (SSSR count). The van der Waals surface area contributed by atoms with Gasteiger partial charge in [0.05, 0.1) is 40.7 Å². The summed E-state index contributed by atoms with van der Waals surface area (Å²) < 4.78 is 2.42. The molecule has 440 valence electrons. The van der Waals surface area contributed by atoms with E-state index in [9.17, 15) is 21.0 Å². The maximum atomic E-state index is 15.3. The molecule has 0 saturated carbocycles. The highest BCUT2D eigenvalue weighted by atomic mass is 32.1. The SMILES string of the molecule is CCCCCCCCCCC(CCCCCCCCCC)CCCCN1C(=O)C2=C(C(=O)N(CCCCC(CCCCCCCCCC)CCCCCCCCCC)/C2=c2\ccc(=C(C#N)C#N)s2)/C1=c1/ccc(=C(C#N)C#N)s1. The third kappa shape index (κ3) is 23.8. The first-order valence-corrected chi connectivity index (χ1v) is 34.6. The fraction of sp³-hybridized carbons (Fsp3) is 0.714. The van der Waals surface area contributed by atoms with Gasteiger partial charge in [-0.1, -0.05) is 285 Å². The molecule has 4 heterocycles. The fourth-order valence-electron chi connectivity index (χ4n) is 12.3. The molecule has 0 spiro atoms. The lowest BCUT2D eigenvalue weighted by Crippen LogP contribution is -2.37.